The lowest BCUT2D eigenvalue weighted by molar-refractivity contribution is 0.300. The first-order valence-corrected chi connectivity index (χ1v) is 10.9. The van der Waals surface area contributed by atoms with E-state index >= 15 is 0 Å². The first-order valence-electron chi connectivity index (χ1n) is 10.5. The van der Waals surface area contributed by atoms with E-state index in [1.54, 1.807) is 0 Å². The molecule has 3 aromatic rings. The molecule has 3 rings (SSSR count). The predicted molar refractivity (Wildman–Crippen MR) is 127 cm³/mol. The van der Waals surface area contributed by atoms with Crippen molar-refractivity contribution in [2.24, 2.45) is 0 Å². The van der Waals surface area contributed by atoms with Crippen LogP contribution in [0.3, 0.4) is 0 Å². The summed E-state index contributed by atoms with van der Waals surface area (Å²) in [6, 6.07) is 29.5. The molecule has 0 spiro atoms. The van der Waals surface area contributed by atoms with Gasteiger partial charge in [-0.1, -0.05) is 110 Å². The molecule has 150 valence electrons. The Bertz CT molecular complexity index is 894. The highest BCUT2D eigenvalue weighted by atomic mass is 35.5. The van der Waals surface area contributed by atoms with Crippen molar-refractivity contribution in [3.8, 4) is 0 Å². The van der Waals surface area contributed by atoms with E-state index in [-0.39, 0.29) is 0 Å². The lowest BCUT2D eigenvalue weighted by atomic mass is 9.94. The number of hydrogen-bond donors (Lipinski definition) is 0. The minimum atomic E-state index is 0.783. The zero-order chi connectivity index (χ0) is 20.5. The largest absolute Gasteiger partial charge is 0.304 e. The minimum Gasteiger partial charge on any atom is -0.304 e. The van der Waals surface area contributed by atoms with Crippen LogP contribution >= 0.6 is 11.6 Å². The Morgan fingerprint density at radius 2 is 1.21 bits per heavy atom. The van der Waals surface area contributed by atoms with Crippen LogP contribution < -0.4 is 0 Å². The van der Waals surface area contributed by atoms with E-state index in [2.05, 4.69) is 79.4 Å². The lowest BCUT2D eigenvalue weighted by Gasteiger charge is -2.17. The van der Waals surface area contributed by atoms with Gasteiger partial charge in [-0.2, -0.15) is 0 Å². The average Bonchev–Trinajstić information content (AvgIpc) is 2.79. The van der Waals surface area contributed by atoms with Crippen LogP contribution in [-0.2, 0) is 6.42 Å². The van der Waals surface area contributed by atoms with Gasteiger partial charge in [0.1, 0.15) is 0 Å². The van der Waals surface area contributed by atoms with Crippen LogP contribution in [0, 0.1) is 0 Å². The van der Waals surface area contributed by atoms with Gasteiger partial charge in [0.2, 0.25) is 0 Å². The maximum absolute atomic E-state index is 6.91. The molecule has 0 saturated heterocycles. The molecular weight excluding hydrogens is 374 g/mol. The molecule has 0 saturated carbocycles. The van der Waals surface area contributed by atoms with Crippen molar-refractivity contribution in [2.45, 2.75) is 26.7 Å². The third kappa shape index (κ3) is 5.82. The Kier molecular flexibility index (Phi) is 8.10. The van der Waals surface area contributed by atoms with Crippen LogP contribution in [0.25, 0.3) is 10.6 Å². The molecule has 3 aromatic carbocycles. The van der Waals surface area contributed by atoms with Crippen molar-refractivity contribution in [3.05, 3.63) is 107 Å². The van der Waals surface area contributed by atoms with E-state index in [1.165, 1.54) is 12.0 Å². The van der Waals surface area contributed by atoms with Gasteiger partial charge in [-0.05, 0) is 54.7 Å². The molecule has 0 radical (unpaired) electrons. The molecule has 0 aliphatic heterocycles. The van der Waals surface area contributed by atoms with E-state index < -0.39 is 0 Å². The summed E-state index contributed by atoms with van der Waals surface area (Å²) < 4.78 is 0. The number of halogens is 1. The Labute approximate surface area is 180 Å². The van der Waals surface area contributed by atoms with E-state index in [9.17, 15) is 0 Å². The van der Waals surface area contributed by atoms with E-state index in [1.807, 2.05) is 24.3 Å². The van der Waals surface area contributed by atoms with Crippen molar-refractivity contribution in [3.63, 3.8) is 0 Å². The second-order valence-electron chi connectivity index (χ2n) is 7.25. The number of hydrogen-bond acceptors (Lipinski definition) is 1. The van der Waals surface area contributed by atoms with Crippen LogP contribution in [-0.4, -0.2) is 24.5 Å². The summed E-state index contributed by atoms with van der Waals surface area (Å²) >= 11 is 6.91. The van der Waals surface area contributed by atoms with E-state index in [4.69, 9.17) is 11.6 Å². The van der Waals surface area contributed by atoms with Gasteiger partial charge in [0, 0.05) is 5.57 Å². The van der Waals surface area contributed by atoms with Gasteiger partial charge in [0.05, 0.1) is 5.03 Å². The minimum absolute atomic E-state index is 0.783. The third-order valence-electron chi connectivity index (χ3n) is 5.39. The summed E-state index contributed by atoms with van der Waals surface area (Å²) in [4.78, 5) is 2.48. The summed E-state index contributed by atoms with van der Waals surface area (Å²) in [6.45, 7) is 7.86. The first kappa shape index (κ1) is 21.4. The van der Waals surface area contributed by atoms with Crippen LogP contribution in [0.1, 0.15) is 42.5 Å². The molecule has 0 atom stereocenters. The van der Waals surface area contributed by atoms with E-state index in [0.717, 1.165) is 53.4 Å². The fraction of sp³-hybridized carbons (Fsp3) is 0.259. The van der Waals surface area contributed by atoms with Gasteiger partial charge < -0.3 is 4.90 Å². The third-order valence-corrected chi connectivity index (χ3v) is 5.79. The topological polar surface area (TPSA) is 3.24 Å². The molecule has 0 bridgehead atoms. The molecule has 0 aromatic heterocycles. The molecule has 2 heteroatoms. The van der Waals surface area contributed by atoms with Gasteiger partial charge in [0.15, 0.2) is 0 Å². The molecular formula is C27H30ClN. The summed E-state index contributed by atoms with van der Waals surface area (Å²) in [5.41, 5.74) is 5.78. The number of rotatable bonds is 9. The average molecular weight is 404 g/mol. The summed E-state index contributed by atoms with van der Waals surface area (Å²) in [5.74, 6) is 0. The van der Waals surface area contributed by atoms with Gasteiger partial charge >= 0.3 is 0 Å². The van der Waals surface area contributed by atoms with Crippen LogP contribution in [0.5, 0.6) is 0 Å². The highest BCUT2D eigenvalue weighted by molar-refractivity contribution is 6.53. The molecule has 29 heavy (non-hydrogen) atoms. The molecule has 0 unspecified atom stereocenters. The van der Waals surface area contributed by atoms with Gasteiger partial charge in [-0.15, -0.1) is 0 Å². The van der Waals surface area contributed by atoms with Crippen LogP contribution in [0.4, 0.5) is 0 Å². The first-order chi connectivity index (χ1) is 14.2. The number of benzene rings is 3. The quantitative estimate of drug-likeness (QED) is 0.344. The standard InChI is InChI=1S/C27H30ClN/c1-3-29(4-2)21-11-12-22-17-19-24(20-18-22)26(23-13-7-5-8-14-23)27(28)25-15-9-6-10-16-25/h5-10,13-20H,3-4,11-12,21H2,1-2H3/b27-26-. The second-order valence-corrected chi connectivity index (χ2v) is 7.63. The maximum Gasteiger partial charge on any atom is 0.0562 e. The number of aryl methyl sites for hydroxylation is 1. The van der Waals surface area contributed by atoms with Crippen LogP contribution in [0.2, 0.25) is 0 Å². The van der Waals surface area contributed by atoms with Gasteiger partial charge in [-0.25, -0.2) is 0 Å². The normalized spacial score (nSPS) is 12.1. The van der Waals surface area contributed by atoms with Crippen molar-refractivity contribution in [2.75, 3.05) is 19.6 Å². The lowest BCUT2D eigenvalue weighted by Crippen LogP contribution is -2.24. The Morgan fingerprint density at radius 3 is 1.76 bits per heavy atom. The highest BCUT2D eigenvalue weighted by Gasteiger charge is 2.12. The monoisotopic (exact) mass is 403 g/mol. The molecule has 0 fully saturated rings. The summed E-state index contributed by atoms with van der Waals surface area (Å²) in [7, 11) is 0. The fourth-order valence-electron chi connectivity index (χ4n) is 3.64. The summed E-state index contributed by atoms with van der Waals surface area (Å²) in [6.07, 6.45) is 2.29. The van der Waals surface area contributed by atoms with Crippen molar-refractivity contribution < 1.29 is 0 Å². The zero-order valence-corrected chi connectivity index (χ0v) is 18.2. The maximum atomic E-state index is 6.91. The molecule has 0 N–H and O–H groups in total. The molecule has 0 aliphatic carbocycles. The Morgan fingerprint density at radius 1 is 0.690 bits per heavy atom. The summed E-state index contributed by atoms with van der Waals surface area (Å²) in [5, 5.41) is 0.783. The molecule has 0 aliphatic rings. The Hall–Kier alpha value is -2.35. The predicted octanol–water partition coefficient (Wildman–Crippen LogP) is 7.12. The Balaban J connectivity index is 1.86. The number of nitrogens with zero attached hydrogens (tertiary/aromatic N) is 1. The van der Waals surface area contributed by atoms with Crippen molar-refractivity contribution >= 4 is 22.2 Å². The SMILES string of the molecule is CCN(CC)CCCc1ccc(/C(=C(\Cl)c2ccccc2)c2ccccc2)cc1. The van der Waals surface area contributed by atoms with Crippen molar-refractivity contribution in [1.29, 1.82) is 0 Å². The zero-order valence-electron chi connectivity index (χ0n) is 17.4. The smallest absolute Gasteiger partial charge is 0.0562 e. The van der Waals surface area contributed by atoms with E-state index in [0.29, 0.717) is 0 Å². The molecule has 0 heterocycles. The van der Waals surface area contributed by atoms with Gasteiger partial charge in [-0.3, -0.25) is 0 Å². The molecule has 0 amide bonds. The second kappa shape index (κ2) is 11.0. The fourth-order valence-corrected chi connectivity index (χ4v) is 3.98. The van der Waals surface area contributed by atoms with Crippen molar-refractivity contribution in [1.82, 2.24) is 4.90 Å². The van der Waals surface area contributed by atoms with Crippen LogP contribution in [0.15, 0.2) is 84.9 Å². The molecule has 1 nitrogen and oxygen atoms in total. The van der Waals surface area contributed by atoms with Gasteiger partial charge in [0.25, 0.3) is 0 Å². The highest BCUT2D eigenvalue weighted by Crippen LogP contribution is 2.34.